The Balaban J connectivity index is 2.68. The van der Waals surface area contributed by atoms with Gasteiger partial charge in [0.15, 0.2) is 0 Å². The number of nitrogens with one attached hydrogen (secondary N) is 2. The van der Waals surface area contributed by atoms with Crippen LogP contribution in [0.25, 0.3) is 0 Å². The van der Waals surface area contributed by atoms with Crippen LogP contribution in [0.5, 0.6) is 0 Å². The molecule has 1 aromatic rings. The van der Waals surface area contributed by atoms with Crippen molar-refractivity contribution in [3.05, 3.63) is 35.4 Å². The van der Waals surface area contributed by atoms with E-state index in [1.807, 2.05) is 0 Å². The van der Waals surface area contributed by atoms with Crippen LogP contribution in [0.1, 0.15) is 22.8 Å². The fourth-order valence-electron chi connectivity index (χ4n) is 1.44. The van der Waals surface area contributed by atoms with E-state index >= 15 is 0 Å². The lowest BCUT2D eigenvalue weighted by atomic mass is 10.0. The Morgan fingerprint density at radius 3 is 2.20 bits per heavy atom. The summed E-state index contributed by atoms with van der Waals surface area (Å²) in [6.45, 7) is 1.09. The molecule has 0 unspecified atom stereocenters. The first kappa shape index (κ1) is 15.9. The molecule has 0 spiro atoms. The summed E-state index contributed by atoms with van der Waals surface area (Å²) >= 11 is 0. The average molecular weight is 281 g/mol. The highest BCUT2D eigenvalue weighted by Gasteiger charge is 2.24. The lowest BCUT2D eigenvalue weighted by Gasteiger charge is -2.26. The number of hydrogen-bond donors (Lipinski definition) is 5. The molecular formula is C13H19N3O4. The van der Waals surface area contributed by atoms with Crippen molar-refractivity contribution in [2.45, 2.75) is 19.0 Å². The average Bonchev–Trinajstić information content (AvgIpc) is 2.45. The van der Waals surface area contributed by atoms with Crippen molar-refractivity contribution < 1.29 is 19.8 Å². The second-order valence-electron chi connectivity index (χ2n) is 4.75. The normalized spacial score (nSPS) is 10.9. The Bertz CT molecular complexity index is 469. The zero-order valence-electron chi connectivity index (χ0n) is 11.2. The van der Waals surface area contributed by atoms with Crippen molar-refractivity contribution in [1.82, 2.24) is 10.6 Å². The fourth-order valence-corrected chi connectivity index (χ4v) is 1.44. The molecule has 0 atom stereocenters. The van der Waals surface area contributed by atoms with Crippen molar-refractivity contribution >= 4 is 11.9 Å². The minimum absolute atomic E-state index is 0.280. The molecule has 0 heterocycles. The van der Waals surface area contributed by atoms with E-state index in [0.29, 0.717) is 5.56 Å². The van der Waals surface area contributed by atoms with Gasteiger partial charge in [-0.3, -0.25) is 4.79 Å². The summed E-state index contributed by atoms with van der Waals surface area (Å²) in [7, 11) is 0. The first-order chi connectivity index (χ1) is 9.40. The van der Waals surface area contributed by atoms with Crippen molar-refractivity contribution in [3.8, 4) is 0 Å². The first-order valence-corrected chi connectivity index (χ1v) is 6.06. The number of aliphatic hydroxyl groups is 2. The monoisotopic (exact) mass is 281 g/mol. The third-order valence-corrected chi connectivity index (χ3v) is 2.80. The van der Waals surface area contributed by atoms with Gasteiger partial charge in [-0.1, -0.05) is 12.1 Å². The second kappa shape index (κ2) is 6.88. The molecule has 0 aliphatic rings. The number of carbonyl (C=O) groups excluding carboxylic acids is 2. The third kappa shape index (κ3) is 4.52. The molecule has 0 aliphatic carbocycles. The molecule has 0 bridgehead atoms. The topological polar surface area (TPSA) is 125 Å². The zero-order chi connectivity index (χ0) is 15.2. The quantitative estimate of drug-likeness (QED) is 0.474. The number of aliphatic hydroxyl groups excluding tert-OH is 2. The maximum Gasteiger partial charge on any atom is 0.312 e. The maximum atomic E-state index is 11.9. The van der Waals surface area contributed by atoms with E-state index in [2.05, 4.69) is 10.6 Å². The van der Waals surface area contributed by atoms with Crippen LogP contribution in [0.2, 0.25) is 0 Å². The summed E-state index contributed by atoms with van der Waals surface area (Å²) < 4.78 is 0. The molecule has 1 aromatic carbocycles. The van der Waals surface area contributed by atoms with Crippen molar-refractivity contribution in [3.63, 3.8) is 0 Å². The molecule has 0 saturated carbocycles. The van der Waals surface area contributed by atoms with Crippen LogP contribution in [0.4, 0.5) is 4.79 Å². The van der Waals surface area contributed by atoms with Gasteiger partial charge >= 0.3 is 6.03 Å². The number of benzene rings is 1. The predicted octanol–water partition coefficient (Wildman–Crippen LogP) is -0.672. The minimum atomic E-state index is -1.07. The van der Waals surface area contributed by atoms with Gasteiger partial charge in [0.1, 0.15) is 0 Å². The summed E-state index contributed by atoms with van der Waals surface area (Å²) in [5.41, 5.74) is 5.08. The predicted molar refractivity (Wildman–Crippen MR) is 72.9 cm³/mol. The number of carbonyl (C=O) groups is 2. The molecule has 0 aliphatic heterocycles. The van der Waals surface area contributed by atoms with E-state index in [0.717, 1.165) is 5.56 Å². The van der Waals surface area contributed by atoms with Gasteiger partial charge in [-0.2, -0.15) is 0 Å². The van der Waals surface area contributed by atoms with Crippen LogP contribution < -0.4 is 16.4 Å². The van der Waals surface area contributed by atoms with Crippen LogP contribution in [0, 0.1) is 0 Å². The van der Waals surface area contributed by atoms with Gasteiger partial charge in [0.05, 0.1) is 18.8 Å². The number of rotatable bonds is 6. The van der Waals surface area contributed by atoms with Crippen molar-refractivity contribution in [1.29, 1.82) is 0 Å². The third-order valence-electron chi connectivity index (χ3n) is 2.80. The number of nitrogens with two attached hydrogens (primary N) is 1. The molecule has 6 N–H and O–H groups in total. The van der Waals surface area contributed by atoms with E-state index in [9.17, 15) is 9.59 Å². The van der Waals surface area contributed by atoms with E-state index < -0.39 is 17.5 Å². The smallest absolute Gasteiger partial charge is 0.312 e. The van der Waals surface area contributed by atoms with Crippen molar-refractivity contribution in [2.24, 2.45) is 5.73 Å². The second-order valence-corrected chi connectivity index (χ2v) is 4.75. The summed E-state index contributed by atoms with van der Waals surface area (Å²) in [4.78, 5) is 22.5. The number of urea groups is 1. The maximum absolute atomic E-state index is 11.9. The number of primary amides is 1. The number of hydrogen-bond acceptors (Lipinski definition) is 4. The highest BCUT2D eigenvalue weighted by Crippen LogP contribution is 2.07. The standard InChI is InChI=1S/C13H19N3O4/c1-13(7-17,8-18)16-11(19)10-4-2-9(3-5-10)6-15-12(14)20/h2-5,17-18H,6-8H2,1H3,(H,16,19)(H3,14,15,20). The molecule has 0 aromatic heterocycles. The van der Waals surface area contributed by atoms with Gasteiger partial charge in [0.2, 0.25) is 0 Å². The Labute approximate surface area is 116 Å². The summed E-state index contributed by atoms with van der Waals surface area (Å²) in [6.07, 6.45) is 0. The molecule has 0 saturated heterocycles. The Kier molecular flexibility index (Phi) is 5.48. The van der Waals surface area contributed by atoms with Gasteiger partial charge in [-0.15, -0.1) is 0 Å². The van der Waals surface area contributed by atoms with E-state index in [-0.39, 0.29) is 19.8 Å². The molecule has 1 rings (SSSR count). The van der Waals surface area contributed by atoms with E-state index in [1.165, 1.54) is 6.92 Å². The molecule has 20 heavy (non-hydrogen) atoms. The van der Waals surface area contributed by atoms with Crippen molar-refractivity contribution in [2.75, 3.05) is 13.2 Å². The van der Waals surface area contributed by atoms with Gasteiger partial charge in [-0.05, 0) is 24.6 Å². The van der Waals surface area contributed by atoms with Gasteiger partial charge < -0.3 is 26.6 Å². The van der Waals surface area contributed by atoms with Crippen LogP contribution in [-0.2, 0) is 6.54 Å². The molecular weight excluding hydrogens is 262 g/mol. The molecule has 110 valence electrons. The Morgan fingerprint density at radius 2 is 1.75 bits per heavy atom. The number of amides is 3. The summed E-state index contributed by atoms with van der Waals surface area (Å²) in [5.74, 6) is -0.398. The molecule has 7 heteroatoms. The largest absolute Gasteiger partial charge is 0.394 e. The van der Waals surface area contributed by atoms with Crippen LogP contribution >= 0.6 is 0 Å². The first-order valence-electron chi connectivity index (χ1n) is 6.06. The fraction of sp³-hybridized carbons (Fsp3) is 0.385. The summed E-state index contributed by atoms with van der Waals surface area (Å²) in [5, 5.41) is 23.2. The SMILES string of the molecule is CC(CO)(CO)NC(=O)c1ccc(CNC(N)=O)cc1. The highest BCUT2D eigenvalue weighted by molar-refractivity contribution is 5.94. The minimum Gasteiger partial charge on any atom is -0.394 e. The van der Waals surface area contributed by atoms with Crippen LogP contribution in [0.15, 0.2) is 24.3 Å². The molecule has 3 amide bonds. The highest BCUT2D eigenvalue weighted by atomic mass is 16.3. The van der Waals surface area contributed by atoms with Crippen LogP contribution in [0.3, 0.4) is 0 Å². The lowest BCUT2D eigenvalue weighted by molar-refractivity contribution is 0.0724. The molecule has 0 fully saturated rings. The molecule has 0 radical (unpaired) electrons. The van der Waals surface area contributed by atoms with Gasteiger partial charge in [0, 0.05) is 12.1 Å². The lowest BCUT2D eigenvalue weighted by Crippen LogP contribution is -2.51. The summed E-state index contributed by atoms with van der Waals surface area (Å²) in [6, 6.07) is 5.92. The van der Waals surface area contributed by atoms with Gasteiger partial charge in [-0.25, -0.2) is 4.79 Å². The molecule has 7 nitrogen and oxygen atoms in total. The zero-order valence-corrected chi connectivity index (χ0v) is 11.2. The van der Waals surface area contributed by atoms with E-state index in [1.54, 1.807) is 24.3 Å². The van der Waals surface area contributed by atoms with Gasteiger partial charge in [0.25, 0.3) is 5.91 Å². The Morgan fingerprint density at radius 1 is 1.20 bits per heavy atom. The van der Waals surface area contributed by atoms with E-state index in [4.69, 9.17) is 15.9 Å². The Hall–Kier alpha value is -2.12. The van der Waals surface area contributed by atoms with Crippen LogP contribution in [-0.4, -0.2) is 40.9 Å².